The van der Waals surface area contributed by atoms with Crippen molar-refractivity contribution in [1.82, 2.24) is 71.0 Å². The number of nitrogens with one attached hydrogen (secondary N) is 4. The van der Waals surface area contributed by atoms with Crippen molar-refractivity contribution in [3.8, 4) is 0 Å². The first kappa shape index (κ1) is 68.1. The average molecular weight is 1000 g/mol. The topological polar surface area (TPSA) is 317 Å². The van der Waals surface area contributed by atoms with Crippen LogP contribution in [0.3, 0.4) is 0 Å². The third kappa shape index (κ3) is 25.2. The number of pyridine rings is 4. The van der Waals surface area contributed by atoms with E-state index < -0.39 is 0 Å². The summed E-state index contributed by atoms with van der Waals surface area (Å²) in [4.78, 5) is 17.0. The molecule has 0 aromatic carbocycles. The van der Waals surface area contributed by atoms with E-state index in [-0.39, 0.29) is 94.7 Å². The zero-order valence-electron chi connectivity index (χ0n) is 32.6. The summed E-state index contributed by atoms with van der Waals surface area (Å²) in [6, 6.07) is 23.3. The second kappa shape index (κ2) is 42.1. The molecule has 20 nitrogen and oxygen atoms in total. The Kier molecular flexibility index (Phi) is 47.7. The molecule has 0 saturated heterocycles. The summed E-state index contributed by atoms with van der Waals surface area (Å²) in [6.45, 7) is 4.73. The normalized spacial score (nSPS) is 8.87. The minimum atomic E-state index is 0. The Balaban J connectivity index is -0.000000200. The second-order valence-corrected chi connectivity index (χ2v) is 10.5. The summed E-state index contributed by atoms with van der Waals surface area (Å²) in [5, 5.41) is 43.5. The molecule has 6 aromatic heterocycles. The molecule has 0 bridgehead atoms. The molecule has 6 heterocycles. The molecule has 0 aliphatic heterocycles. The van der Waals surface area contributed by atoms with E-state index in [4.69, 9.17) is 21.9 Å². The van der Waals surface area contributed by atoms with E-state index in [1.807, 2.05) is 72.8 Å². The standard InChI is InChI=1S/2C16H20N8.2CH4O.4ClH.2Fe.2H2O/c2*17-24-15(11-18-9-13-5-1-3-7-20-13)22-23-16(24)12-19-10-14-6-2-4-8-21-14;2*1-2;;;;;;;;/h2*1-8,18-19H,9-12,17H2;2*2H,1H3;4*1H;;;2*1H2/q;;;;;;;;2*+2;;/p-4. The van der Waals surface area contributed by atoms with Gasteiger partial charge in [-0.15, -0.1) is 20.4 Å². The van der Waals surface area contributed by atoms with Crippen LogP contribution < -0.4 is 82.6 Å². The van der Waals surface area contributed by atoms with Gasteiger partial charge < -0.3 is 104 Å². The van der Waals surface area contributed by atoms with Crippen LogP contribution in [0.1, 0.15) is 46.1 Å². The molecule has 0 amide bonds. The van der Waals surface area contributed by atoms with Gasteiger partial charge in [-0.25, -0.2) is 9.35 Å². The number of aromatic nitrogens is 10. The van der Waals surface area contributed by atoms with Gasteiger partial charge in [-0.05, 0) is 48.5 Å². The summed E-state index contributed by atoms with van der Waals surface area (Å²) < 4.78 is 3.02. The Hall–Kier alpha value is -3.64. The van der Waals surface area contributed by atoms with E-state index in [1.54, 1.807) is 24.8 Å². The van der Waals surface area contributed by atoms with E-state index in [0.717, 1.165) is 37.0 Å². The number of aliphatic hydroxyl groups is 2. The first-order valence-corrected chi connectivity index (χ1v) is 16.3. The Labute approximate surface area is 395 Å². The summed E-state index contributed by atoms with van der Waals surface area (Å²) in [5.41, 5.74) is 3.88. The van der Waals surface area contributed by atoms with Crippen molar-refractivity contribution in [2.24, 2.45) is 0 Å². The number of rotatable bonds is 16. The predicted molar refractivity (Wildman–Crippen MR) is 203 cm³/mol. The van der Waals surface area contributed by atoms with Crippen LogP contribution in [0, 0.1) is 0 Å². The van der Waals surface area contributed by atoms with Gasteiger partial charge >= 0.3 is 34.1 Å². The quantitative estimate of drug-likeness (QED) is 0.0330. The number of aliphatic hydroxyl groups excluding tert-OH is 2. The maximum Gasteiger partial charge on any atom is 2.00 e. The Morgan fingerprint density at radius 2 is 0.600 bits per heavy atom. The summed E-state index contributed by atoms with van der Waals surface area (Å²) in [7, 11) is 2.00. The molecule has 0 atom stereocenters. The number of halogens is 4. The molecule has 0 spiro atoms. The molecule has 14 N–H and O–H groups in total. The fourth-order valence-electron chi connectivity index (χ4n) is 4.42. The molecule has 0 unspecified atom stereocenters. The molecule has 6 aromatic rings. The smallest absolute Gasteiger partial charge is 1.00 e. The van der Waals surface area contributed by atoms with Crippen LogP contribution in [0.2, 0.25) is 0 Å². The van der Waals surface area contributed by atoms with Gasteiger partial charge in [-0.1, -0.05) is 24.3 Å². The molecule has 0 fully saturated rings. The third-order valence-electron chi connectivity index (χ3n) is 6.94. The van der Waals surface area contributed by atoms with Gasteiger partial charge in [0.2, 0.25) is 0 Å². The van der Waals surface area contributed by atoms with Gasteiger partial charge in [-0.3, -0.25) is 19.9 Å². The SMILES string of the molecule is CO.CO.Nn1c(CNCc2ccccn2)nnc1CNCc1ccccn1.Nn1c(CNCc2ccccn2)nnc1CNCc1ccccn1.O.O.[Cl-].[Cl-].[Cl-].[Cl-].[Fe+2].[Fe+2]. The first-order chi connectivity index (χ1) is 25.7. The monoisotopic (exact) mass is 1000 g/mol. The largest absolute Gasteiger partial charge is 2.00 e. The Bertz CT molecular complexity index is 1540. The van der Waals surface area contributed by atoms with Crippen LogP contribution in [0.15, 0.2) is 97.6 Å². The van der Waals surface area contributed by atoms with Crippen molar-refractivity contribution in [2.45, 2.75) is 52.4 Å². The molecule has 0 radical (unpaired) electrons. The van der Waals surface area contributed by atoms with Crippen LogP contribution in [-0.2, 0) is 86.5 Å². The van der Waals surface area contributed by atoms with E-state index >= 15 is 0 Å². The molecule has 60 heavy (non-hydrogen) atoms. The number of nitrogens with zero attached hydrogens (tertiary/aromatic N) is 10. The number of hydrogen-bond acceptors (Lipinski definition) is 16. The fourth-order valence-corrected chi connectivity index (χ4v) is 4.42. The summed E-state index contributed by atoms with van der Waals surface area (Å²) in [5.74, 6) is 14.8. The number of nitrogens with two attached hydrogens (primary N) is 2. The minimum Gasteiger partial charge on any atom is -1.00 e. The molecule has 0 saturated carbocycles. The van der Waals surface area contributed by atoms with Gasteiger partial charge in [0.1, 0.15) is 0 Å². The summed E-state index contributed by atoms with van der Waals surface area (Å²) in [6.07, 6.45) is 7.09. The second-order valence-electron chi connectivity index (χ2n) is 10.5. The molecule has 0 aliphatic carbocycles. The average Bonchev–Trinajstić information content (AvgIpc) is 3.75. The van der Waals surface area contributed by atoms with Gasteiger partial charge in [0.05, 0.1) is 49.0 Å². The van der Waals surface area contributed by atoms with Crippen molar-refractivity contribution < 1.29 is 105 Å². The minimum absolute atomic E-state index is 0. The third-order valence-corrected chi connectivity index (χ3v) is 6.94. The molecule has 26 heteroatoms. The van der Waals surface area contributed by atoms with E-state index in [9.17, 15) is 0 Å². The van der Waals surface area contributed by atoms with Crippen molar-refractivity contribution in [3.63, 3.8) is 0 Å². The van der Waals surface area contributed by atoms with Crippen LogP contribution in [0.4, 0.5) is 0 Å². The van der Waals surface area contributed by atoms with E-state index in [2.05, 4.69) is 61.6 Å². The molecule has 6 rings (SSSR count). The van der Waals surface area contributed by atoms with Crippen LogP contribution in [0.5, 0.6) is 0 Å². The van der Waals surface area contributed by atoms with Crippen molar-refractivity contribution in [1.29, 1.82) is 0 Å². The summed E-state index contributed by atoms with van der Waals surface area (Å²) >= 11 is 0. The molecule has 336 valence electrons. The maximum absolute atomic E-state index is 7.00. The van der Waals surface area contributed by atoms with Crippen molar-refractivity contribution >= 4 is 0 Å². The van der Waals surface area contributed by atoms with Gasteiger partial charge in [-0.2, -0.15) is 0 Å². The van der Waals surface area contributed by atoms with Gasteiger partial charge in [0.15, 0.2) is 23.3 Å². The predicted octanol–water partition coefficient (Wildman–Crippen LogP) is -13.7. The van der Waals surface area contributed by atoms with Gasteiger partial charge in [0, 0.05) is 65.2 Å². The number of nitrogen functional groups attached to an aromatic ring is 2. The van der Waals surface area contributed by atoms with Crippen LogP contribution >= 0.6 is 0 Å². The Morgan fingerprint density at radius 1 is 0.400 bits per heavy atom. The van der Waals surface area contributed by atoms with Crippen molar-refractivity contribution in [3.05, 3.63) is 144 Å². The van der Waals surface area contributed by atoms with Gasteiger partial charge in [0.25, 0.3) is 0 Å². The number of hydrogen-bond donors (Lipinski definition) is 8. The van der Waals surface area contributed by atoms with E-state index in [1.165, 1.54) is 9.35 Å². The van der Waals surface area contributed by atoms with Crippen LogP contribution in [0.25, 0.3) is 0 Å². The van der Waals surface area contributed by atoms with E-state index in [0.29, 0.717) is 75.7 Å². The fraction of sp³-hybridized carbons (Fsp3) is 0.294. The van der Waals surface area contributed by atoms with Crippen molar-refractivity contribution in [2.75, 3.05) is 25.9 Å². The molecular weight excluding hydrogens is 950 g/mol. The zero-order chi connectivity index (χ0) is 37.2. The molecular formula is C34H52Cl4Fe2N16O4. The first-order valence-electron chi connectivity index (χ1n) is 16.3. The zero-order valence-corrected chi connectivity index (χ0v) is 37.9. The molecule has 0 aliphatic rings. The Morgan fingerprint density at radius 3 is 0.767 bits per heavy atom. The maximum atomic E-state index is 7.00. The van der Waals surface area contributed by atoms with Crippen LogP contribution in [-0.4, -0.2) is 85.1 Å².